The normalized spacial score (nSPS) is 10.7. The molecule has 7 nitrogen and oxygen atoms in total. The van der Waals surface area contributed by atoms with Crippen molar-refractivity contribution in [2.45, 2.75) is 6.92 Å². The van der Waals surface area contributed by atoms with E-state index in [4.69, 9.17) is 11.6 Å². The highest BCUT2D eigenvalue weighted by atomic mass is 32.1. The summed E-state index contributed by atoms with van der Waals surface area (Å²) in [5.74, 6) is 6.18. The first-order valence-electron chi connectivity index (χ1n) is 5.88. The standard InChI is InChI=1S/C12H13N7S/c1-6-2-3-7-8(4-6)20-12(17-7)18-10-9(13)11(19-14)16-5-15-10/h2-5H,13-14H2,1H3,(H2,15,16,17,18,19). The Balaban J connectivity index is 1.97. The average molecular weight is 287 g/mol. The lowest BCUT2D eigenvalue weighted by molar-refractivity contribution is 1.14. The number of fused-ring (bicyclic) bond motifs is 1. The van der Waals surface area contributed by atoms with Crippen LogP contribution in [0.2, 0.25) is 0 Å². The van der Waals surface area contributed by atoms with Gasteiger partial charge in [0.15, 0.2) is 16.8 Å². The monoisotopic (exact) mass is 287 g/mol. The number of rotatable bonds is 3. The SMILES string of the molecule is Cc1ccc2nc(Nc3ncnc(NN)c3N)sc2c1. The van der Waals surface area contributed by atoms with Crippen LogP contribution >= 0.6 is 11.3 Å². The van der Waals surface area contributed by atoms with E-state index in [-0.39, 0.29) is 0 Å². The first-order chi connectivity index (χ1) is 9.67. The van der Waals surface area contributed by atoms with Gasteiger partial charge in [-0.1, -0.05) is 17.4 Å². The summed E-state index contributed by atoms with van der Waals surface area (Å²) in [6, 6.07) is 6.11. The van der Waals surface area contributed by atoms with Crippen LogP contribution in [0.5, 0.6) is 0 Å². The summed E-state index contributed by atoms with van der Waals surface area (Å²) in [6.45, 7) is 2.05. The number of thiazole rings is 1. The molecule has 8 heteroatoms. The summed E-state index contributed by atoms with van der Waals surface area (Å²) in [6.07, 6.45) is 1.38. The van der Waals surface area contributed by atoms with E-state index in [1.54, 1.807) is 0 Å². The fraction of sp³-hybridized carbons (Fsp3) is 0.0833. The van der Waals surface area contributed by atoms with E-state index >= 15 is 0 Å². The van der Waals surface area contributed by atoms with Gasteiger partial charge in [-0.15, -0.1) is 0 Å². The van der Waals surface area contributed by atoms with Crippen molar-refractivity contribution < 1.29 is 0 Å². The molecule has 1 aromatic carbocycles. The molecular formula is C12H13N7S. The van der Waals surface area contributed by atoms with Crippen molar-refractivity contribution in [3.05, 3.63) is 30.1 Å². The Labute approximate surface area is 119 Å². The smallest absolute Gasteiger partial charge is 0.189 e. The molecule has 0 fully saturated rings. The quantitative estimate of drug-likeness (QED) is 0.430. The van der Waals surface area contributed by atoms with Crippen LogP contribution in [0.4, 0.5) is 22.5 Å². The number of aryl methyl sites for hydroxylation is 1. The third-order valence-electron chi connectivity index (χ3n) is 2.79. The van der Waals surface area contributed by atoms with E-state index < -0.39 is 0 Å². The molecule has 0 aliphatic rings. The number of benzene rings is 1. The van der Waals surface area contributed by atoms with Gasteiger partial charge in [0, 0.05) is 0 Å². The molecule has 0 amide bonds. The molecule has 3 aromatic rings. The largest absolute Gasteiger partial charge is 0.393 e. The van der Waals surface area contributed by atoms with Crippen LogP contribution in [0, 0.1) is 6.92 Å². The van der Waals surface area contributed by atoms with Crippen molar-refractivity contribution in [3.8, 4) is 0 Å². The molecule has 0 bridgehead atoms. The number of hydrogen-bond donors (Lipinski definition) is 4. The molecule has 0 unspecified atom stereocenters. The number of nitrogens with two attached hydrogens (primary N) is 2. The minimum Gasteiger partial charge on any atom is -0.393 e. The predicted molar refractivity (Wildman–Crippen MR) is 81.9 cm³/mol. The van der Waals surface area contributed by atoms with E-state index in [9.17, 15) is 0 Å². The molecule has 0 radical (unpaired) electrons. The minimum absolute atomic E-state index is 0.352. The molecule has 3 rings (SSSR count). The van der Waals surface area contributed by atoms with Crippen LogP contribution in [0.15, 0.2) is 24.5 Å². The maximum atomic E-state index is 5.91. The highest BCUT2D eigenvalue weighted by Gasteiger charge is 2.10. The van der Waals surface area contributed by atoms with Gasteiger partial charge in [0.1, 0.15) is 12.0 Å². The zero-order valence-corrected chi connectivity index (χ0v) is 11.5. The first kappa shape index (κ1) is 12.6. The highest BCUT2D eigenvalue weighted by molar-refractivity contribution is 7.22. The van der Waals surface area contributed by atoms with Crippen molar-refractivity contribution >= 4 is 44.0 Å². The third kappa shape index (κ3) is 2.22. The van der Waals surface area contributed by atoms with E-state index in [1.165, 1.54) is 23.2 Å². The van der Waals surface area contributed by atoms with Crippen LogP contribution in [0.25, 0.3) is 10.2 Å². The highest BCUT2D eigenvalue weighted by Crippen LogP contribution is 2.31. The van der Waals surface area contributed by atoms with Gasteiger partial charge in [-0.2, -0.15) is 0 Å². The second kappa shape index (κ2) is 4.91. The van der Waals surface area contributed by atoms with Gasteiger partial charge in [0.05, 0.1) is 10.2 Å². The summed E-state index contributed by atoms with van der Waals surface area (Å²) in [7, 11) is 0. The van der Waals surface area contributed by atoms with Crippen LogP contribution in [-0.4, -0.2) is 15.0 Å². The van der Waals surface area contributed by atoms with Crippen molar-refractivity contribution in [2.75, 3.05) is 16.5 Å². The van der Waals surface area contributed by atoms with Crippen molar-refractivity contribution in [3.63, 3.8) is 0 Å². The number of nitrogen functional groups attached to an aromatic ring is 2. The summed E-state index contributed by atoms with van der Waals surface area (Å²) in [5, 5.41) is 3.81. The number of anilines is 4. The molecule has 0 aliphatic carbocycles. The third-order valence-corrected chi connectivity index (χ3v) is 3.72. The van der Waals surface area contributed by atoms with Gasteiger partial charge in [-0.05, 0) is 24.6 Å². The van der Waals surface area contributed by atoms with Crippen LogP contribution in [0.1, 0.15) is 5.56 Å². The Hall–Kier alpha value is -2.45. The summed E-state index contributed by atoms with van der Waals surface area (Å²) >= 11 is 1.54. The Kier molecular flexibility index (Phi) is 3.09. The maximum Gasteiger partial charge on any atom is 0.189 e. The van der Waals surface area contributed by atoms with Crippen molar-refractivity contribution in [2.24, 2.45) is 5.84 Å². The van der Waals surface area contributed by atoms with Gasteiger partial charge < -0.3 is 16.5 Å². The van der Waals surface area contributed by atoms with Gasteiger partial charge in [0.25, 0.3) is 0 Å². The molecule has 6 N–H and O–H groups in total. The second-order valence-electron chi connectivity index (χ2n) is 4.24. The second-order valence-corrected chi connectivity index (χ2v) is 5.27. The first-order valence-corrected chi connectivity index (χ1v) is 6.70. The molecule has 0 saturated heterocycles. The van der Waals surface area contributed by atoms with E-state index in [0.29, 0.717) is 17.3 Å². The average Bonchev–Trinajstić information content (AvgIpc) is 2.82. The molecule has 20 heavy (non-hydrogen) atoms. The number of aromatic nitrogens is 3. The zero-order valence-electron chi connectivity index (χ0n) is 10.7. The molecule has 2 aromatic heterocycles. The summed E-state index contributed by atoms with van der Waals surface area (Å²) in [4.78, 5) is 12.5. The molecular weight excluding hydrogens is 274 g/mol. The predicted octanol–water partition coefficient (Wildman–Crippen LogP) is 2.01. The molecule has 0 aliphatic heterocycles. The van der Waals surface area contributed by atoms with Crippen molar-refractivity contribution in [1.29, 1.82) is 0 Å². The Morgan fingerprint density at radius 3 is 2.80 bits per heavy atom. The molecule has 0 spiro atoms. The number of nitrogens with one attached hydrogen (secondary N) is 2. The van der Waals surface area contributed by atoms with Crippen LogP contribution < -0.4 is 22.3 Å². The molecule has 102 valence electrons. The van der Waals surface area contributed by atoms with E-state index in [0.717, 1.165) is 15.3 Å². The fourth-order valence-electron chi connectivity index (χ4n) is 1.80. The lowest BCUT2D eigenvalue weighted by Gasteiger charge is -2.08. The van der Waals surface area contributed by atoms with E-state index in [1.807, 2.05) is 19.1 Å². The zero-order chi connectivity index (χ0) is 14.1. The van der Waals surface area contributed by atoms with Gasteiger partial charge in [-0.25, -0.2) is 20.8 Å². The lowest BCUT2D eigenvalue weighted by Crippen LogP contribution is -2.12. The molecule has 2 heterocycles. The van der Waals surface area contributed by atoms with E-state index in [2.05, 4.69) is 31.8 Å². The maximum absolute atomic E-state index is 5.91. The number of nitrogens with zero attached hydrogens (tertiary/aromatic N) is 3. The fourth-order valence-corrected chi connectivity index (χ4v) is 2.76. The van der Waals surface area contributed by atoms with Crippen LogP contribution in [0.3, 0.4) is 0 Å². The Bertz CT molecular complexity index is 768. The van der Waals surface area contributed by atoms with Gasteiger partial charge in [0.2, 0.25) is 0 Å². The lowest BCUT2D eigenvalue weighted by atomic mass is 10.2. The van der Waals surface area contributed by atoms with Gasteiger partial charge >= 0.3 is 0 Å². The minimum atomic E-state index is 0.352. The summed E-state index contributed by atoms with van der Waals surface area (Å²) < 4.78 is 1.11. The Morgan fingerprint density at radius 2 is 2.00 bits per heavy atom. The molecule has 0 atom stereocenters. The summed E-state index contributed by atoms with van der Waals surface area (Å²) in [5.41, 5.74) is 10.8. The van der Waals surface area contributed by atoms with Crippen molar-refractivity contribution in [1.82, 2.24) is 15.0 Å². The number of hydrogen-bond acceptors (Lipinski definition) is 8. The Morgan fingerprint density at radius 1 is 1.20 bits per heavy atom. The molecule has 0 saturated carbocycles. The van der Waals surface area contributed by atoms with Gasteiger partial charge in [-0.3, -0.25) is 0 Å². The number of hydrazine groups is 1. The van der Waals surface area contributed by atoms with Crippen LogP contribution in [-0.2, 0) is 0 Å². The topological polar surface area (TPSA) is 115 Å².